The van der Waals surface area contributed by atoms with Gasteiger partial charge in [0.1, 0.15) is 23.7 Å². The Morgan fingerprint density at radius 3 is 1.44 bits per heavy atom. The number of benzene rings is 2. The van der Waals surface area contributed by atoms with Gasteiger partial charge >= 0.3 is 12.2 Å². The fourth-order valence-electron chi connectivity index (χ4n) is 11.0. The Hall–Kier alpha value is -5.74. The van der Waals surface area contributed by atoms with Gasteiger partial charge in [0, 0.05) is 37.4 Å². The number of rotatable bonds is 12. The quantitative estimate of drug-likeness (QED) is 0.108. The largest absolute Gasteiger partial charge is 0.453 e. The second kappa shape index (κ2) is 16.9. The Balaban J connectivity index is 0.927. The molecule has 4 heterocycles. The Labute approximate surface area is 360 Å². The van der Waals surface area contributed by atoms with Crippen LogP contribution in [0.4, 0.5) is 9.59 Å². The second-order valence-corrected chi connectivity index (χ2v) is 17.5. The molecule has 4 amide bonds. The van der Waals surface area contributed by atoms with Crippen molar-refractivity contribution < 1.29 is 38.1 Å². The molecule has 10 atom stereocenters. The molecule has 9 rings (SSSR count). The summed E-state index contributed by atoms with van der Waals surface area (Å²) in [5.74, 6) is 1.79. The summed E-state index contributed by atoms with van der Waals surface area (Å²) in [6.45, 7) is 3.54. The molecule has 4 fully saturated rings. The first kappa shape index (κ1) is 41.6. The molecule has 0 spiro atoms. The highest BCUT2D eigenvalue weighted by Gasteiger charge is 2.51. The van der Waals surface area contributed by atoms with Crippen molar-refractivity contribution in [3.8, 4) is 44.8 Å². The number of carbonyl (C=O) groups excluding carboxylic acids is 4. The van der Waals surface area contributed by atoms with Gasteiger partial charge in [-0.15, -0.1) is 0 Å². The lowest BCUT2D eigenvalue weighted by Crippen LogP contribution is -2.55. The van der Waals surface area contributed by atoms with E-state index in [4.69, 9.17) is 28.9 Å². The zero-order valence-corrected chi connectivity index (χ0v) is 36.1. The van der Waals surface area contributed by atoms with Crippen molar-refractivity contribution in [3.05, 3.63) is 60.4 Å². The van der Waals surface area contributed by atoms with Gasteiger partial charge in [-0.05, 0) is 98.6 Å². The minimum absolute atomic E-state index is 0.0687. The summed E-state index contributed by atoms with van der Waals surface area (Å²) in [6, 6.07) is 10.6. The van der Waals surface area contributed by atoms with E-state index in [-0.39, 0.29) is 36.0 Å². The third-order valence-corrected chi connectivity index (χ3v) is 14.4. The van der Waals surface area contributed by atoms with Crippen LogP contribution in [-0.4, -0.2) is 119 Å². The van der Waals surface area contributed by atoms with Crippen molar-refractivity contribution >= 4 is 24.0 Å². The van der Waals surface area contributed by atoms with Gasteiger partial charge in [-0.1, -0.05) is 37.1 Å². The first-order valence-electron chi connectivity index (χ1n) is 21.8. The van der Waals surface area contributed by atoms with Gasteiger partial charge in [-0.2, -0.15) is 0 Å². The van der Waals surface area contributed by atoms with Crippen LogP contribution in [0, 0.1) is 11.8 Å². The van der Waals surface area contributed by atoms with Gasteiger partial charge in [0.05, 0.1) is 62.3 Å². The molecule has 4 N–H and O–H groups in total. The van der Waals surface area contributed by atoms with Crippen molar-refractivity contribution in [2.45, 2.75) is 114 Å². The number of H-pyrrole nitrogens is 2. The zero-order chi connectivity index (χ0) is 43.4. The molecule has 2 aliphatic heterocycles. The van der Waals surface area contributed by atoms with Crippen LogP contribution in [-0.2, 0) is 28.5 Å². The number of carbonyl (C=O) groups is 4. The Kier molecular flexibility index (Phi) is 11.3. The number of ether oxygens (including phenoxy) is 4. The van der Waals surface area contributed by atoms with Crippen molar-refractivity contribution in [1.82, 2.24) is 40.4 Å². The molecule has 2 unspecified atom stereocenters. The summed E-state index contributed by atoms with van der Waals surface area (Å²) < 4.78 is 20.8. The van der Waals surface area contributed by atoms with Crippen molar-refractivity contribution in [2.24, 2.45) is 11.8 Å². The summed E-state index contributed by atoms with van der Waals surface area (Å²) >= 11 is 0. The van der Waals surface area contributed by atoms with Gasteiger partial charge in [0.25, 0.3) is 0 Å². The highest BCUT2D eigenvalue weighted by molar-refractivity contribution is 6.04. The van der Waals surface area contributed by atoms with Crippen LogP contribution in [0.15, 0.2) is 48.8 Å². The van der Waals surface area contributed by atoms with E-state index in [1.807, 2.05) is 22.2 Å². The number of hydrogen-bond acceptors (Lipinski definition) is 10. The van der Waals surface area contributed by atoms with E-state index in [9.17, 15) is 19.2 Å². The number of hydrogen-bond donors (Lipinski definition) is 4. The number of aromatic nitrogens is 4. The van der Waals surface area contributed by atoms with Crippen molar-refractivity contribution in [1.29, 1.82) is 0 Å². The first-order valence-corrected chi connectivity index (χ1v) is 21.8. The average Bonchev–Trinajstić information content (AvgIpc) is 4.14. The molecule has 2 aromatic carbocycles. The number of fused-ring (bicyclic) bond motifs is 6. The average molecular weight is 849 g/mol. The maximum Gasteiger partial charge on any atom is 0.407 e. The third kappa shape index (κ3) is 7.20. The molecule has 328 valence electrons. The van der Waals surface area contributed by atoms with E-state index >= 15 is 0 Å². The maximum atomic E-state index is 14.2. The molecule has 16 heteroatoms. The Bertz CT molecular complexity index is 2180. The van der Waals surface area contributed by atoms with Gasteiger partial charge in [-0.3, -0.25) is 9.59 Å². The van der Waals surface area contributed by atoms with Crippen LogP contribution in [0.1, 0.15) is 88.9 Å². The summed E-state index contributed by atoms with van der Waals surface area (Å²) in [4.78, 5) is 73.7. The number of imidazole rings is 2. The number of likely N-dealkylation sites (tertiary alicyclic amines) is 2. The van der Waals surface area contributed by atoms with Crippen LogP contribution in [0.2, 0.25) is 0 Å². The number of nitrogens with zero attached hydrogens (tertiary/aromatic N) is 4. The predicted molar refractivity (Wildman–Crippen MR) is 228 cm³/mol. The van der Waals surface area contributed by atoms with Gasteiger partial charge < -0.3 is 49.3 Å². The predicted octanol–water partition coefficient (Wildman–Crippen LogP) is 6.52. The molecule has 2 saturated carbocycles. The summed E-state index contributed by atoms with van der Waals surface area (Å²) in [5.41, 5.74) is 8.32. The minimum Gasteiger partial charge on any atom is -0.453 e. The normalized spacial score (nSPS) is 25.1. The van der Waals surface area contributed by atoms with Crippen LogP contribution >= 0.6 is 0 Å². The van der Waals surface area contributed by atoms with Crippen LogP contribution < -0.4 is 10.6 Å². The van der Waals surface area contributed by atoms with Crippen molar-refractivity contribution in [2.75, 3.05) is 28.4 Å². The Morgan fingerprint density at radius 2 is 1.05 bits per heavy atom. The monoisotopic (exact) mass is 848 g/mol. The molecule has 0 radical (unpaired) electrons. The van der Waals surface area contributed by atoms with E-state index < -0.39 is 36.5 Å². The molecule has 0 bridgehead atoms. The van der Waals surface area contributed by atoms with E-state index in [0.29, 0.717) is 11.8 Å². The van der Waals surface area contributed by atoms with Crippen LogP contribution in [0.5, 0.6) is 0 Å². The lowest BCUT2D eigenvalue weighted by Gasteiger charge is -2.34. The fraction of sp³-hybridized carbons (Fsp3) is 0.522. The molecule has 62 heavy (non-hydrogen) atoms. The van der Waals surface area contributed by atoms with Gasteiger partial charge in [-0.25, -0.2) is 19.6 Å². The molecule has 4 aromatic rings. The highest BCUT2D eigenvalue weighted by atomic mass is 16.5. The molecular weight excluding hydrogens is 793 g/mol. The van der Waals surface area contributed by atoms with E-state index in [0.717, 1.165) is 108 Å². The van der Waals surface area contributed by atoms with Gasteiger partial charge in [0.2, 0.25) is 11.8 Å². The Morgan fingerprint density at radius 1 is 0.629 bits per heavy atom. The lowest BCUT2D eigenvalue weighted by atomic mass is 9.78. The topological polar surface area (TPSA) is 193 Å². The summed E-state index contributed by atoms with van der Waals surface area (Å²) in [7, 11) is 5.62. The first-order chi connectivity index (χ1) is 30.0. The summed E-state index contributed by atoms with van der Waals surface area (Å²) in [5, 5.41) is 5.42. The minimum atomic E-state index is -0.901. The second-order valence-electron chi connectivity index (χ2n) is 17.5. The number of aromatic amines is 2. The number of amides is 4. The molecular formula is C46H56N8O8. The van der Waals surface area contributed by atoms with Gasteiger partial charge in [0.15, 0.2) is 0 Å². The lowest BCUT2D eigenvalue weighted by molar-refractivity contribution is -0.140. The third-order valence-electron chi connectivity index (χ3n) is 14.4. The van der Waals surface area contributed by atoms with Crippen molar-refractivity contribution in [3.63, 3.8) is 0 Å². The molecule has 2 aromatic heterocycles. The molecule has 3 aliphatic carbocycles. The molecule has 2 saturated heterocycles. The summed E-state index contributed by atoms with van der Waals surface area (Å²) in [6.07, 6.45) is 8.84. The number of alkyl carbamates (subject to hydrolysis) is 2. The smallest absolute Gasteiger partial charge is 0.407 e. The standard InChI is InChI=1S/C46H56N8O8/c1-23(59-3)39(51-45(57)61-5)43(55)53-35-11-7-9-27(35)19-37(53)41-47-21-33(49-41)25-13-15-29-31(17-25)30-16-14-26(18-32(29)30)34-22-48-42(50-34)38-20-28-10-8-12-36(28)54(38)44(56)40(24(2)60-4)52-46(58)62-6/h13-18,21-24,27-28,35-40H,7-12,19-20H2,1-6H3,(H,47,49)(H,48,50)(H,51,57)(H,52,58)/t23-,24-,27+,28?,35+,36+,37+,38+,39?,40+/m1/s1. The number of methoxy groups -OCH3 is 4. The van der Waals surface area contributed by atoms with E-state index in [2.05, 4.69) is 57.0 Å². The van der Waals surface area contributed by atoms with E-state index in [1.165, 1.54) is 28.4 Å². The maximum absolute atomic E-state index is 14.2. The van der Waals surface area contributed by atoms with Crippen LogP contribution in [0.25, 0.3) is 44.8 Å². The molecule has 16 nitrogen and oxygen atoms in total. The molecule has 5 aliphatic rings. The van der Waals surface area contributed by atoms with E-state index in [1.54, 1.807) is 13.8 Å². The SMILES string of the molecule is COC(=O)NC(C(=O)N1[C@H](c2ncc(-c3ccc4c(c3)-c3ccc(-c5cnc([C@@H]6CC7CCC[C@@H]7N6C(=O)[C@@H](NC(=O)OC)[C@@H](C)OC)[nH]5)cc3-4)[nH]2)C[C@@H]2CCC[C@@H]21)[C@@H](C)OC. The number of nitrogens with one attached hydrogen (secondary N) is 4. The fourth-order valence-corrected chi connectivity index (χ4v) is 11.0. The zero-order valence-electron chi connectivity index (χ0n) is 36.1. The van der Waals surface area contributed by atoms with Crippen LogP contribution in [0.3, 0.4) is 0 Å². The highest BCUT2D eigenvalue weighted by Crippen LogP contribution is 2.51.